The van der Waals surface area contributed by atoms with Crippen LogP contribution >= 0.6 is 23.4 Å². The maximum Gasteiger partial charge on any atom is 0.288 e. The number of nitrogens with zero attached hydrogens (tertiary/aromatic N) is 2. The quantitative estimate of drug-likeness (QED) is 0.352. The number of hydrogen-bond donors (Lipinski definition) is 1. The third kappa shape index (κ3) is 4.86. The number of rotatable bonds is 6. The van der Waals surface area contributed by atoms with E-state index in [1.54, 1.807) is 17.0 Å². The summed E-state index contributed by atoms with van der Waals surface area (Å²) in [4.78, 5) is 37.6. The van der Waals surface area contributed by atoms with Gasteiger partial charge in [-0.3, -0.25) is 24.6 Å². The lowest BCUT2D eigenvalue weighted by Crippen LogP contribution is -2.27. The zero-order chi connectivity index (χ0) is 23.5. The van der Waals surface area contributed by atoms with Gasteiger partial charge in [-0.05, 0) is 53.9 Å². The van der Waals surface area contributed by atoms with E-state index in [-0.39, 0.29) is 27.6 Å². The molecular weight excluding hydrogens is 462 g/mol. The van der Waals surface area contributed by atoms with Crippen molar-refractivity contribution in [1.82, 2.24) is 0 Å². The molecule has 9 heteroatoms. The molecule has 3 aromatic rings. The lowest BCUT2D eigenvalue weighted by Gasteiger charge is -2.25. The molecule has 1 aliphatic heterocycles. The number of anilines is 2. The SMILES string of the molecule is CCc1ccc(N2C(=O)CS[C@H]2c2cccc(NC(=O)c3ccc(Cl)c([N+](=O)[O-])c3)c2)cc1. The van der Waals surface area contributed by atoms with Gasteiger partial charge in [-0.15, -0.1) is 11.8 Å². The van der Waals surface area contributed by atoms with Crippen LogP contribution in [0.3, 0.4) is 0 Å². The molecule has 2 amide bonds. The predicted molar refractivity (Wildman–Crippen MR) is 131 cm³/mol. The Balaban J connectivity index is 1.57. The molecule has 0 radical (unpaired) electrons. The minimum absolute atomic E-state index is 0.0251. The van der Waals surface area contributed by atoms with Crippen LogP contribution in [0.2, 0.25) is 5.02 Å². The highest BCUT2D eigenvalue weighted by Crippen LogP contribution is 2.42. The van der Waals surface area contributed by atoms with Crippen molar-refractivity contribution in [1.29, 1.82) is 0 Å². The first-order chi connectivity index (χ1) is 15.9. The van der Waals surface area contributed by atoms with Gasteiger partial charge in [0.05, 0.1) is 10.7 Å². The first kappa shape index (κ1) is 22.8. The fourth-order valence-electron chi connectivity index (χ4n) is 3.61. The Kier molecular flexibility index (Phi) is 6.67. The molecule has 1 fully saturated rings. The second kappa shape index (κ2) is 9.64. The Labute approximate surface area is 199 Å². The van der Waals surface area contributed by atoms with Crippen molar-refractivity contribution in [3.63, 3.8) is 0 Å². The van der Waals surface area contributed by atoms with Gasteiger partial charge in [0.15, 0.2) is 0 Å². The van der Waals surface area contributed by atoms with Crippen LogP contribution in [0.4, 0.5) is 17.1 Å². The van der Waals surface area contributed by atoms with Gasteiger partial charge in [0.2, 0.25) is 5.91 Å². The van der Waals surface area contributed by atoms with E-state index in [1.165, 1.54) is 29.5 Å². The van der Waals surface area contributed by atoms with Gasteiger partial charge in [0.25, 0.3) is 11.6 Å². The van der Waals surface area contributed by atoms with Crippen molar-refractivity contribution in [3.05, 3.63) is 98.6 Å². The number of halogens is 1. The maximum absolute atomic E-state index is 12.7. The lowest BCUT2D eigenvalue weighted by atomic mass is 10.1. The standard InChI is InChI=1S/C24H20ClN3O4S/c1-2-15-6-9-19(10-7-15)27-22(29)14-33-24(27)17-4-3-5-18(12-17)26-23(30)16-8-11-20(25)21(13-16)28(31)32/h3-13,24H,2,14H2,1H3,(H,26,30)/t24-/m0/s1. The molecule has 0 aliphatic carbocycles. The smallest absolute Gasteiger partial charge is 0.288 e. The maximum atomic E-state index is 12.7. The van der Waals surface area contributed by atoms with Crippen molar-refractivity contribution in [2.75, 3.05) is 16.0 Å². The number of amides is 2. The largest absolute Gasteiger partial charge is 0.322 e. The zero-order valence-electron chi connectivity index (χ0n) is 17.7. The summed E-state index contributed by atoms with van der Waals surface area (Å²) < 4.78 is 0. The summed E-state index contributed by atoms with van der Waals surface area (Å²) in [6.07, 6.45) is 0.922. The molecule has 0 spiro atoms. The van der Waals surface area contributed by atoms with Crippen molar-refractivity contribution in [2.24, 2.45) is 0 Å². The molecule has 1 atom stereocenters. The number of nitro benzene ring substituents is 1. The zero-order valence-corrected chi connectivity index (χ0v) is 19.2. The molecule has 1 aliphatic rings. The van der Waals surface area contributed by atoms with E-state index in [4.69, 9.17) is 11.6 Å². The van der Waals surface area contributed by atoms with Crippen molar-refractivity contribution in [2.45, 2.75) is 18.7 Å². The molecule has 3 aromatic carbocycles. The van der Waals surface area contributed by atoms with Crippen LogP contribution in [0.15, 0.2) is 66.7 Å². The monoisotopic (exact) mass is 481 g/mol. The molecule has 1 N–H and O–H groups in total. The third-order valence-corrected chi connectivity index (χ3v) is 6.86. The minimum Gasteiger partial charge on any atom is -0.322 e. The highest BCUT2D eigenvalue weighted by Gasteiger charge is 2.34. The van der Waals surface area contributed by atoms with Crippen molar-refractivity contribution in [3.8, 4) is 0 Å². The highest BCUT2D eigenvalue weighted by atomic mass is 35.5. The summed E-state index contributed by atoms with van der Waals surface area (Å²) in [5.41, 5.74) is 3.21. The van der Waals surface area contributed by atoms with E-state index in [1.807, 2.05) is 36.4 Å². The lowest BCUT2D eigenvalue weighted by molar-refractivity contribution is -0.384. The number of aryl methyl sites for hydroxylation is 1. The van der Waals surface area contributed by atoms with E-state index in [2.05, 4.69) is 12.2 Å². The fraction of sp³-hybridized carbons (Fsp3) is 0.167. The summed E-state index contributed by atoms with van der Waals surface area (Å²) in [7, 11) is 0. The number of hydrogen-bond acceptors (Lipinski definition) is 5. The van der Waals surface area contributed by atoms with Crippen LogP contribution in [-0.4, -0.2) is 22.5 Å². The molecule has 1 saturated heterocycles. The number of carbonyl (C=O) groups is 2. The highest BCUT2D eigenvalue weighted by molar-refractivity contribution is 8.00. The Morgan fingerprint density at radius 3 is 2.64 bits per heavy atom. The summed E-state index contributed by atoms with van der Waals surface area (Å²) in [6.45, 7) is 2.08. The Hall–Kier alpha value is -3.36. The molecule has 0 saturated carbocycles. The van der Waals surface area contributed by atoms with E-state index in [0.29, 0.717) is 11.4 Å². The van der Waals surface area contributed by atoms with Gasteiger partial charge in [0.1, 0.15) is 10.4 Å². The molecule has 0 aromatic heterocycles. The number of thioether (sulfide) groups is 1. The number of carbonyl (C=O) groups excluding carboxylic acids is 2. The number of nitrogens with one attached hydrogen (secondary N) is 1. The van der Waals surface area contributed by atoms with E-state index in [9.17, 15) is 19.7 Å². The summed E-state index contributed by atoms with van der Waals surface area (Å²) in [6, 6.07) is 19.1. The van der Waals surface area contributed by atoms with Crippen LogP contribution in [0.1, 0.15) is 33.8 Å². The molecule has 33 heavy (non-hydrogen) atoms. The second-order valence-electron chi connectivity index (χ2n) is 7.45. The van der Waals surface area contributed by atoms with Gasteiger partial charge in [-0.2, -0.15) is 0 Å². The molecule has 4 rings (SSSR count). The van der Waals surface area contributed by atoms with Crippen LogP contribution in [0, 0.1) is 10.1 Å². The van der Waals surface area contributed by atoms with E-state index >= 15 is 0 Å². The Bertz CT molecular complexity index is 1230. The van der Waals surface area contributed by atoms with Gasteiger partial charge in [-0.1, -0.05) is 42.8 Å². The first-order valence-electron chi connectivity index (χ1n) is 10.2. The van der Waals surface area contributed by atoms with Gasteiger partial charge in [0, 0.05) is 23.0 Å². The van der Waals surface area contributed by atoms with E-state index < -0.39 is 10.8 Å². The second-order valence-corrected chi connectivity index (χ2v) is 8.93. The molecule has 0 bridgehead atoms. The molecule has 0 unspecified atom stereocenters. The summed E-state index contributed by atoms with van der Waals surface area (Å²) >= 11 is 7.36. The number of nitro groups is 1. The molecule has 1 heterocycles. The van der Waals surface area contributed by atoms with Crippen LogP contribution < -0.4 is 10.2 Å². The van der Waals surface area contributed by atoms with Crippen LogP contribution in [0.5, 0.6) is 0 Å². The van der Waals surface area contributed by atoms with Gasteiger partial charge < -0.3 is 5.32 Å². The predicted octanol–water partition coefficient (Wildman–Crippen LogP) is 5.84. The summed E-state index contributed by atoms with van der Waals surface area (Å²) in [5, 5.41) is 13.6. The number of benzene rings is 3. The molecule has 168 valence electrons. The van der Waals surface area contributed by atoms with Crippen LogP contribution in [-0.2, 0) is 11.2 Å². The normalized spacial score (nSPS) is 15.5. The van der Waals surface area contributed by atoms with E-state index in [0.717, 1.165) is 23.7 Å². The Morgan fingerprint density at radius 2 is 1.94 bits per heavy atom. The van der Waals surface area contributed by atoms with Crippen molar-refractivity contribution < 1.29 is 14.5 Å². The minimum atomic E-state index is -0.629. The van der Waals surface area contributed by atoms with Gasteiger partial charge >= 0.3 is 0 Å². The molecular formula is C24H20ClN3O4S. The van der Waals surface area contributed by atoms with Crippen LogP contribution in [0.25, 0.3) is 0 Å². The average molecular weight is 482 g/mol. The average Bonchev–Trinajstić information content (AvgIpc) is 3.20. The molecule has 7 nitrogen and oxygen atoms in total. The fourth-order valence-corrected chi connectivity index (χ4v) is 4.96. The topological polar surface area (TPSA) is 92.6 Å². The summed E-state index contributed by atoms with van der Waals surface area (Å²) in [5.74, 6) is -0.100. The van der Waals surface area contributed by atoms with Crippen molar-refractivity contribution >= 4 is 52.2 Å². The Morgan fingerprint density at radius 1 is 1.18 bits per heavy atom. The van der Waals surface area contributed by atoms with Gasteiger partial charge in [-0.25, -0.2) is 0 Å². The third-order valence-electron chi connectivity index (χ3n) is 5.33. The first-order valence-corrected chi connectivity index (χ1v) is 11.7.